The fourth-order valence-corrected chi connectivity index (χ4v) is 0.214. The average molecular weight is 190 g/mol. The molecule has 0 fully saturated rings. The van der Waals surface area contributed by atoms with Gasteiger partial charge in [0.2, 0.25) is 0 Å². The SMILES string of the molecule is CCCC(=O)O.O.O.[Zn]. The number of carboxylic acid groups (broad SMARTS) is 1. The molecule has 0 aliphatic rings. The summed E-state index contributed by atoms with van der Waals surface area (Å²) in [5.74, 6) is -0.711. The van der Waals surface area contributed by atoms with Crippen LogP contribution in [-0.4, -0.2) is 22.0 Å². The number of hydrogen-bond donors (Lipinski definition) is 1. The van der Waals surface area contributed by atoms with Gasteiger partial charge in [-0.2, -0.15) is 0 Å². The largest absolute Gasteiger partial charge is 0.481 e. The van der Waals surface area contributed by atoms with Crippen molar-refractivity contribution in [3.8, 4) is 0 Å². The Labute approximate surface area is 66.6 Å². The smallest absolute Gasteiger partial charge is 0.303 e. The van der Waals surface area contributed by atoms with Crippen molar-refractivity contribution in [1.29, 1.82) is 0 Å². The summed E-state index contributed by atoms with van der Waals surface area (Å²) in [6, 6.07) is 0. The standard InChI is InChI=1S/C4H8O2.2H2O.Zn/c1-2-3-4(5)6;;;/h2-3H2,1H3,(H,5,6);2*1H2;. The van der Waals surface area contributed by atoms with Crippen molar-refractivity contribution in [3.05, 3.63) is 0 Å². The second-order valence-electron chi connectivity index (χ2n) is 1.14. The van der Waals surface area contributed by atoms with Crippen LogP contribution in [0.25, 0.3) is 0 Å². The summed E-state index contributed by atoms with van der Waals surface area (Å²) in [6.45, 7) is 1.84. The van der Waals surface area contributed by atoms with E-state index >= 15 is 0 Å². The van der Waals surface area contributed by atoms with Gasteiger partial charge in [-0.3, -0.25) is 4.79 Å². The molecule has 5 N–H and O–H groups in total. The Hall–Kier alpha value is 0.0134. The zero-order chi connectivity index (χ0) is 4.99. The van der Waals surface area contributed by atoms with Gasteiger partial charge < -0.3 is 16.1 Å². The Morgan fingerprint density at radius 1 is 1.44 bits per heavy atom. The molecule has 0 spiro atoms. The second kappa shape index (κ2) is 15.7. The first kappa shape index (κ1) is 23.0. The van der Waals surface area contributed by atoms with Crippen LogP contribution in [0.5, 0.6) is 0 Å². The third-order valence-corrected chi connectivity index (χ3v) is 0.464. The molecule has 0 aromatic carbocycles. The quantitative estimate of drug-likeness (QED) is 0.576. The van der Waals surface area contributed by atoms with Gasteiger partial charge in [0.15, 0.2) is 0 Å². The minimum absolute atomic E-state index is 0. The monoisotopic (exact) mass is 188 g/mol. The molecule has 0 saturated heterocycles. The molecule has 0 aromatic rings. The zero-order valence-corrected chi connectivity index (χ0v) is 8.44. The number of aliphatic carboxylic acids is 1. The van der Waals surface area contributed by atoms with Gasteiger partial charge in [0, 0.05) is 25.9 Å². The molecule has 9 heavy (non-hydrogen) atoms. The van der Waals surface area contributed by atoms with E-state index in [1.54, 1.807) is 0 Å². The van der Waals surface area contributed by atoms with E-state index in [9.17, 15) is 4.79 Å². The van der Waals surface area contributed by atoms with Gasteiger partial charge in [-0.25, -0.2) is 0 Å². The Bertz CT molecular complexity index is 56.5. The average Bonchev–Trinajstić information content (AvgIpc) is 1.35. The van der Waals surface area contributed by atoms with Gasteiger partial charge in [0.1, 0.15) is 0 Å². The maximum Gasteiger partial charge on any atom is 0.303 e. The fraction of sp³-hybridized carbons (Fsp3) is 0.750. The van der Waals surface area contributed by atoms with Crippen LogP contribution in [-0.2, 0) is 24.3 Å². The third-order valence-electron chi connectivity index (χ3n) is 0.464. The van der Waals surface area contributed by atoms with Crippen molar-refractivity contribution in [2.24, 2.45) is 0 Å². The van der Waals surface area contributed by atoms with Crippen LogP contribution in [0.3, 0.4) is 0 Å². The van der Waals surface area contributed by atoms with Crippen LogP contribution in [0, 0.1) is 0 Å². The van der Waals surface area contributed by atoms with Crippen molar-refractivity contribution in [2.75, 3.05) is 0 Å². The molecule has 0 unspecified atom stereocenters. The number of carbonyl (C=O) groups is 1. The van der Waals surface area contributed by atoms with Crippen molar-refractivity contribution >= 4 is 5.97 Å². The summed E-state index contributed by atoms with van der Waals surface area (Å²) < 4.78 is 0. The van der Waals surface area contributed by atoms with E-state index < -0.39 is 5.97 Å². The first-order valence-electron chi connectivity index (χ1n) is 1.99. The van der Waals surface area contributed by atoms with Gasteiger partial charge in [0.25, 0.3) is 0 Å². The topological polar surface area (TPSA) is 100 Å². The molecule has 0 aromatic heterocycles. The minimum atomic E-state index is -0.711. The van der Waals surface area contributed by atoms with Gasteiger partial charge in [-0.05, 0) is 6.42 Å². The van der Waals surface area contributed by atoms with E-state index in [4.69, 9.17) is 5.11 Å². The number of carboxylic acids is 1. The third kappa shape index (κ3) is 31.9. The molecule has 0 rings (SSSR count). The van der Waals surface area contributed by atoms with Crippen molar-refractivity contribution in [1.82, 2.24) is 0 Å². The molecule has 0 amide bonds. The Kier molecular flexibility index (Phi) is 40.1. The Balaban J connectivity index is -0.0000000417. The van der Waals surface area contributed by atoms with Crippen LogP contribution in [0.15, 0.2) is 0 Å². The molecule has 0 atom stereocenters. The van der Waals surface area contributed by atoms with E-state index in [2.05, 4.69) is 0 Å². The summed E-state index contributed by atoms with van der Waals surface area (Å²) in [4.78, 5) is 9.60. The van der Waals surface area contributed by atoms with Crippen LogP contribution in [0.1, 0.15) is 19.8 Å². The van der Waals surface area contributed by atoms with Crippen LogP contribution >= 0.6 is 0 Å². The predicted molar refractivity (Wildman–Crippen MR) is 29.8 cm³/mol. The molecular weight excluding hydrogens is 177 g/mol. The second-order valence-corrected chi connectivity index (χ2v) is 1.14. The van der Waals surface area contributed by atoms with E-state index in [1.807, 2.05) is 6.92 Å². The minimum Gasteiger partial charge on any atom is -0.481 e. The number of hydrogen-bond acceptors (Lipinski definition) is 1. The summed E-state index contributed by atoms with van der Waals surface area (Å²) in [5, 5.41) is 7.91. The predicted octanol–water partition coefficient (Wildman–Crippen LogP) is -0.781. The van der Waals surface area contributed by atoms with Gasteiger partial charge in [-0.15, -0.1) is 0 Å². The molecule has 4 nitrogen and oxygen atoms in total. The normalized spacial score (nSPS) is 5.44. The first-order valence-corrected chi connectivity index (χ1v) is 1.99. The van der Waals surface area contributed by atoms with Gasteiger partial charge in [-0.1, -0.05) is 6.92 Å². The van der Waals surface area contributed by atoms with E-state index in [-0.39, 0.29) is 30.4 Å². The maximum atomic E-state index is 9.60. The summed E-state index contributed by atoms with van der Waals surface area (Å²) in [5.41, 5.74) is 0. The molecule has 0 heterocycles. The molecule has 5 heteroatoms. The molecule has 0 bridgehead atoms. The maximum absolute atomic E-state index is 9.60. The van der Waals surface area contributed by atoms with E-state index in [1.165, 1.54) is 0 Å². The Morgan fingerprint density at radius 2 is 1.78 bits per heavy atom. The number of rotatable bonds is 2. The van der Waals surface area contributed by atoms with Gasteiger partial charge >= 0.3 is 5.97 Å². The van der Waals surface area contributed by atoms with Crippen LogP contribution < -0.4 is 0 Å². The summed E-state index contributed by atoms with van der Waals surface area (Å²) >= 11 is 0. The van der Waals surface area contributed by atoms with E-state index in [0.717, 1.165) is 6.42 Å². The van der Waals surface area contributed by atoms with Gasteiger partial charge in [0.05, 0.1) is 0 Å². The molecule has 0 aliphatic carbocycles. The van der Waals surface area contributed by atoms with Crippen LogP contribution in [0.2, 0.25) is 0 Å². The van der Waals surface area contributed by atoms with Crippen molar-refractivity contribution in [3.63, 3.8) is 0 Å². The molecule has 54 valence electrons. The molecule has 0 saturated carbocycles. The molecule has 0 radical (unpaired) electrons. The van der Waals surface area contributed by atoms with Crippen LogP contribution in [0.4, 0.5) is 0 Å². The van der Waals surface area contributed by atoms with E-state index in [0.29, 0.717) is 6.42 Å². The van der Waals surface area contributed by atoms with Crippen molar-refractivity contribution in [2.45, 2.75) is 19.8 Å². The summed E-state index contributed by atoms with van der Waals surface area (Å²) in [6.07, 6.45) is 1.02. The fourth-order valence-electron chi connectivity index (χ4n) is 0.214. The first-order chi connectivity index (χ1) is 2.77. The zero-order valence-electron chi connectivity index (χ0n) is 5.48. The molecule has 0 aliphatic heterocycles. The Morgan fingerprint density at radius 3 is 1.78 bits per heavy atom. The molecular formula is C4H12O4Zn. The van der Waals surface area contributed by atoms with Crippen molar-refractivity contribution < 1.29 is 40.3 Å². The summed E-state index contributed by atoms with van der Waals surface area (Å²) in [7, 11) is 0.